The van der Waals surface area contributed by atoms with Crippen LogP contribution in [-0.4, -0.2) is 44.1 Å². The van der Waals surface area contributed by atoms with Gasteiger partial charge < -0.3 is 26.8 Å². The van der Waals surface area contributed by atoms with E-state index >= 15 is 0 Å². The molecule has 200 valence electrons. The summed E-state index contributed by atoms with van der Waals surface area (Å²) in [6.07, 6.45) is 26.0. The Morgan fingerprint density at radius 3 is 1.59 bits per heavy atom. The lowest BCUT2D eigenvalue weighted by Crippen LogP contribution is -3.00. The first kappa shape index (κ1) is 30.1. The molecule has 0 aromatic carbocycles. The van der Waals surface area contributed by atoms with Crippen LogP contribution in [0.1, 0.15) is 129 Å². The molecule has 0 saturated heterocycles. The Morgan fingerprint density at radius 1 is 0.706 bits per heavy atom. The van der Waals surface area contributed by atoms with Crippen LogP contribution < -0.4 is 22.3 Å². The third-order valence-electron chi connectivity index (χ3n) is 9.36. The molecule has 4 saturated carbocycles. The van der Waals surface area contributed by atoms with Crippen LogP contribution in [0, 0.1) is 23.2 Å². The zero-order chi connectivity index (χ0) is 23.6. The number of hydrogen-bond donors (Lipinski definition) is 1. The zero-order valence-electron chi connectivity index (χ0n) is 23.0. The molecule has 0 aromatic rings. The molecule has 0 radical (unpaired) electrons. The van der Waals surface area contributed by atoms with Gasteiger partial charge in [0.1, 0.15) is 0 Å². The summed E-state index contributed by atoms with van der Waals surface area (Å²) in [5.74, 6) is 2.97. The van der Waals surface area contributed by atoms with Crippen LogP contribution in [0.25, 0.3) is 0 Å². The van der Waals surface area contributed by atoms with Gasteiger partial charge in [-0.1, -0.05) is 71.1 Å². The van der Waals surface area contributed by atoms with E-state index in [0.717, 1.165) is 35.2 Å². The lowest BCUT2D eigenvalue weighted by molar-refractivity contribution is -0.890. The van der Waals surface area contributed by atoms with Crippen molar-refractivity contribution in [3.8, 4) is 0 Å². The van der Waals surface area contributed by atoms with Crippen LogP contribution in [0.5, 0.6) is 0 Å². The Balaban J connectivity index is 0.00000408. The fourth-order valence-electron chi connectivity index (χ4n) is 7.78. The van der Waals surface area contributed by atoms with E-state index in [1.807, 2.05) is 0 Å². The van der Waals surface area contributed by atoms with Gasteiger partial charge in [-0.25, -0.2) is 0 Å². The van der Waals surface area contributed by atoms with Crippen molar-refractivity contribution in [2.75, 3.05) is 33.7 Å². The van der Waals surface area contributed by atoms with E-state index < -0.39 is 0 Å². The molecule has 4 heteroatoms. The zero-order valence-corrected chi connectivity index (χ0v) is 24.6. The van der Waals surface area contributed by atoms with Gasteiger partial charge in [0.25, 0.3) is 0 Å². The predicted molar refractivity (Wildman–Crippen MR) is 141 cm³/mol. The molecule has 0 heterocycles. The standard InChI is InChI=1S/C30H56N2O.BrH/c1-4-5-6-7-8-9-10-11-12-13-14-15-18-32(2,3)19-16-17-31-29(33)30-23-26-20-27(24-30)22-28(21-26)25-30;/h26-28H,4-25H2,1-3H3;1H. The van der Waals surface area contributed by atoms with Gasteiger partial charge >= 0.3 is 0 Å². The summed E-state index contributed by atoms with van der Waals surface area (Å²) < 4.78 is 1.10. The SMILES string of the molecule is CCCCCCCCCCCCCC[N+](C)(C)CCCNC(=O)C12CC3CC(CC(C3)C1)C2.[Br-]. The molecule has 4 aliphatic carbocycles. The molecule has 3 nitrogen and oxygen atoms in total. The summed E-state index contributed by atoms with van der Waals surface area (Å²) in [4.78, 5) is 13.1. The van der Waals surface area contributed by atoms with Crippen LogP contribution in [0.15, 0.2) is 0 Å². The van der Waals surface area contributed by atoms with Crippen molar-refractivity contribution < 1.29 is 26.3 Å². The van der Waals surface area contributed by atoms with Crippen molar-refractivity contribution in [1.29, 1.82) is 0 Å². The minimum Gasteiger partial charge on any atom is -1.00 e. The van der Waals surface area contributed by atoms with Crippen molar-refractivity contribution in [3.63, 3.8) is 0 Å². The molecule has 0 aliphatic heterocycles. The lowest BCUT2D eigenvalue weighted by Gasteiger charge is -2.55. The second-order valence-corrected chi connectivity index (χ2v) is 13.1. The van der Waals surface area contributed by atoms with Crippen LogP contribution in [-0.2, 0) is 4.79 Å². The quantitative estimate of drug-likeness (QED) is 0.201. The number of halogens is 1. The third kappa shape index (κ3) is 9.75. The maximum Gasteiger partial charge on any atom is 0.226 e. The topological polar surface area (TPSA) is 29.1 Å². The molecular formula is C30H57BrN2O. The Kier molecular flexibility index (Phi) is 13.5. The molecule has 34 heavy (non-hydrogen) atoms. The van der Waals surface area contributed by atoms with E-state index in [2.05, 4.69) is 26.3 Å². The van der Waals surface area contributed by atoms with E-state index in [4.69, 9.17) is 0 Å². The number of unbranched alkanes of at least 4 members (excludes halogenated alkanes) is 11. The smallest absolute Gasteiger partial charge is 0.226 e. The van der Waals surface area contributed by atoms with Gasteiger partial charge in [0.15, 0.2) is 0 Å². The Bertz CT molecular complexity index is 541. The lowest BCUT2D eigenvalue weighted by atomic mass is 9.49. The minimum atomic E-state index is 0. The van der Waals surface area contributed by atoms with Gasteiger partial charge in [0, 0.05) is 18.4 Å². The Morgan fingerprint density at radius 2 is 1.12 bits per heavy atom. The first-order valence-corrected chi connectivity index (χ1v) is 15.0. The van der Waals surface area contributed by atoms with Crippen LogP contribution in [0.2, 0.25) is 0 Å². The second-order valence-electron chi connectivity index (χ2n) is 13.1. The minimum absolute atomic E-state index is 0. The maximum atomic E-state index is 13.1. The molecule has 1 amide bonds. The number of nitrogens with one attached hydrogen (secondary N) is 1. The molecule has 4 fully saturated rings. The first-order chi connectivity index (χ1) is 15.9. The van der Waals surface area contributed by atoms with Crippen molar-refractivity contribution in [2.45, 2.75) is 129 Å². The fraction of sp³-hybridized carbons (Fsp3) is 0.967. The van der Waals surface area contributed by atoms with Gasteiger partial charge in [0.2, 0.25) is 5.91 Å². The highest BCUT2D eigenvalue weighted by atomic mass is 79.9. The molecular weight excluding hydrogens is 484 g/mol. The number of carbonyl (C=O) groups is 1. The Hall–Kier alpha value is -0.0900. The largest absolute Gasteiger partial charge is 1.00 e. The second kappa shape index (κ2) is 15.2. The number of nitrogens with zero attached hydrogens (tertiary/aromatic N) is 1. The van der Waals surface area contributed by atoms with Crippen LogP contribution >= 0.6 is 0 Å². The monoisotopic (exact) mass is 540 g/mol. The Labute approximate surface area is 222 Å². The van der Waals surface area contributed by atoms with E-state index in [0.29, 0.717) is 5.91 Å². The number of hydrogen-bond acceptors (Lipinski definition) is 1. The van der Waals surface area contributed by atoms with Gasteiger partial charge in [-0.05, 0) is 69.1 Å². The highest BCUT2D eigenvalue weighted by molar-refractivity contribution is 5.83. The average molecular weight is 542 g/mol. The summed E-state index contributed by atoms with van der Waals surface area (Å²) >= 11 is 0. The van der Waals surface area contributed by atoms with Gasteiger partial charge in [-0.3, -0.25) is 4.79 Å². The predicted octanol–water partition coefficient (Wildman–Crippen LogP) is 4.49. The molecule has 0 spiro atoms. The molecule has 0 atom stereocenters. The van der Waals surface area contributed by atoms with E-state index in [1.165, 1.54) is 129 Å². The summed E-state index contributed by atoms with van der Waals surface area (Å²) in [5.41, 5.74) is 0.0220. The summed E-state index contributed by atoms with van der Waals surface area (Å²) in [5, 5.41) is 3.38. The molecule has 4 bridgehead atoms. The fourth-order valence-corrected chi connectivity index (χ4v) is 7.78. The number of quaternary nitrogens is 1. The number of amides is 1. The van der Waals surface area contributed by atoms with E-state index in [9.17, 15) is 4.79 Å². The molecule has 0 unspecified atom stereocenters. The van der Waals surface area contributed by atoms with Crippen molar-refractivity contribution in [3.05, 3.63) is 0 Å². The first-order valence-electron chi connectivity index (χ1n) is 15.0. The van der Waals surface area contributed by atoms with Gasteiger partial charge in [0.05, 0.1) is 27.2 Å². The molecule has 0 aromatic heterocycles. The van der Waals surface area contributed by atoms with Gasteiger partial charge in [-0.2, -0.15) is 0 Å². The highest BCUT2D eigenvalue weighted by Crippen LogP contribution is 2.60. The number of rotatable bonds is 18. The van der Waals surface area contributed by atoms with Crippen molar-refractivity contribution >= 4 is 5.91 Å². The molecule has 4 aliphatic rings. The maximum absolute atomic E-state index is 13.1. The van der Waals surface area contributed by atoms with Crippen LogP contribution in [0.3, 0.4) is 0 Å². The summed E-state index contributed by atoms with van der Waals surface area (Å²) in [7, 11) is 4.75. The summed E-state index contributed by atoms with van der Waals surface area (Å²) in [6.45, 7) is 5.63. The van der Waals surface area contributed by atoms with Crippen molar-refractivity contribution in [1.82, 2.24) is 5.32 Å². The third-order valence-corrected chi connectivity index (χ3v) is 9.36. The molecule has 4 rings (SSSR count). The van der Waals surface area contributed by atoms with E-state index in [-0.39, 0.29) is 22.4 Å². The van der Waals surface area contributed by atoms with Crippen LogP contribution in [0.4, 0.5) is 0 Å². The molecule has 1 N–H and O–H groups in total. The summed E-state index contributed by atoms with van der Waals surface area (Å²) in [6, 6.07) is 0. The van der Waals surface area contributed by atoms with E-state index in [1.54, 1.807) is 0 Å². The van der Waals surface area contributed by atoms with Crippen molar-refractivity contribution in [2.24, 2.45) is 23.2 Å². The average Bonchev–Trinajstić information content (AvgIpc) is 2.76. The number of carbonyl (C=O) groups excluding carboxylic acids is 1. The highest BCUT2D eigenvalue weighted by Gasteiger charge is 2.54. The normalized spacial score (nSPS) is 27.6. The van der Waals surface area contributed by atoms with Gasteiger partial charge in [-0.15, -0.1) is 0 Å².